The summed E-state index contributed by atoms with van der Waals surface area (Å²) < 4.78 is 5.40. The summed E-state index contributed by atoms with van der Waals surface area (Å²) in [6, 6.07) is 6.98. The van der Waals surface area contributed by atoms with E-state index in [0.717, 1.165) is 0 Å². The summed E-state index contributed by atoms with van der Waals surface area (Å²) in [6.07, 6.45) is 0.116. The van der Waals surface area contributed by atoms with Crippen LogP contribution in [0.25, 0.3) is 0 Å². The molecule has 16 heavy (non-hydrogen) atoms. The van der Waals surface area contributed by atoms with Crippen LogP contribution in [0.5, 0.6) is 0 Å². The maximum absolute atomic E-state index is 12.1. The van der Waals surface area contributed by atoms with Crippen molar-refractivity contribution in [1.29, 1.82) is 0 Å². The second kappa shape index (κ2) is 4.85. The molecular formula is C12H14ClNO2. The minimum atomic E-state index is 0.0480. The van der Waals surface area contributed by atoms with Crippen molar-refractivity contribution < 1.29 is 9.53 Å². The Hall–Kier alpha value is -1.06. The number of carbonyl (C=O) groups is 1. The molecule has 1 aliphatic heterocycles. The first-order chi connectivity index (χ1) is 7.66. The number of halogens is 1. The van der Waals surface area contributed by atoms with Gasteiger partial charge in [-0.2, -0.15) is 0 Å². The predicted octanol–water partition coefficient (Wildman–Crippen LogP) is 2.20. The number of nitrogens with zero attached hydrogens (tertiary/aromatic N) is 1. The number of amides is 1. The summed E-state index contributed by atoms with van der Waals surface area (Å²) in [4.78, 5) is 13.9. The van der Waals surface area contributed by atoms with Gasteiger partial charge >= 0.3 is 0 Å². The molecule has 1 heterocycles. The number of ether oxygens (including phenoxy) is 1. The molecule has 0 unspecified atom stereocenters. The molecule has 1 aromatic carbocycles. The highest BCUT2D eigenvalue weighted by molar-refractivity contribution is 6.30. The largest absolute Gasteiger partial charge is 0.375 e. The Morgan fingerprint density at radius 3 is 2.75 bits per heavy atom. The van der Waals surface area contributed by atoms with E-state index in [1.54, 1.807) is 24.3 Å². The molecule has 0 aromatic heterocycles. The van der Waals surface area contributed by atoms with Crippen LogP contribution >= 0.6 is 11.6 Å². The topological polar surface area (TPSA) is 29.5 Å². The first kappa shape index (κ1) is 11.4. The average Bonchev–Trinajstić information content (AvgIpc) is 2.29. The molecule has 1 saturated heterocycles. The van der Waals surface area contributed by atoms with Gasteiger partial charge in [0.15, 0.2) is 0 Å². The van der Waals surface area contributed by atoms with Crippen LogP contribution in [-0.4, -0.2) is 36.6 Å². The van der Waals surface area contributed by atoms with Crippen LogP contribution in [0, 0.1) is 0 Å². The van der Waals surface area contributed by atoms with E-state index < -0.39 is 0 Å². The van der Waals surface area contributed by atoms with E-state index in [2.05, 4.69) is 0 Å². The van der Waals surface area contributed by atoms with Crippen LogP contribution < -0.4 is 0 Å². The highest BCUT2D eigenvalue weighted by Gasteiger charge is 2.22. The number of hydrogen-bond donors (Lipinski definition) is 0. The first-order valence-electron chi connectivity index (χ1n) is 5.33. The van der Waals surface area contributed by atoms with Crippen LogP contribution in [0.4, 0.5) is 0 Å². The van der Waals surface area contributed by atoms with E-state index in [9.17, 15) is 4.79 Å². The van der Waals surface area contributed by atoms with E-state index in [0.29, 0.717) is 30.3 Å². The molecule has 4 heteroatoms. The lowest BCUT2D eigenvalue weighted by molar-refractivity contribution is -0.0124. The van der Waals surface area contributed by atoms with E-state index in [1.807, 2.05) is 11.8 Å². The predicted molar refractivity (Wildman–Crippen MR) is 62.8 cm³/mol. The van der Waals surface area contributed by atoms with Crippen LogP contribution in [-0.2, 0) is 4.74 Å². The minimum Gasteiger partial charge on any atom is -0.375 e. The van der Waals surface area contributed by atoms with Crippen molar-refractivity contribution >= 4 is 17.5 Å². The van der Waals surface area contributed by atoms with Crippen LogP contribution in [0.3, 0.4) is 0 Å². The summed E-state index contributed by atoms with van der Waals surface area (Å²) in [5.41, 5.74) is 0.679. The Bertz CT molecular complexity index is 377. The lowest BCUT2D eigenvalue weighted by Crippen LogP contribution is -2.44. The van der Waals surface area contributed by atoms with Crippen molar-refractivity contribution in [3.05, 3.63) is 34.9 Å². The maximum Gasteiger partial charge on any atom is 0.254 e. The molecule has 3 nitrogen and oxygen atoms in total. The molecule has 1 amide bonds. The monoisotopic (exact) mass is 239 g/mol. The molecule has 1 aromatic rings. The summed E-state index contributed by atoms with van der Waals surface area (Å²) >= 11 is 5.78. The third-order valence-corrected chi connectivity index (χ3v) is 2.87. The van der Waals surface area contributed by atoms with Crippen molar-refractivity contribution in [2.24, 2.45) is 0 Å². The molecule has 0 radical (unpaired) electrons. The van der Waals surface area contributed by atoms with E-state index in [-0.39, 0.29) is 12.0 Å². The molecule has 1 atom stereocenters. The van der Waals surface area contributed by atoms with Crippen molar-refractivity contribution in [3.63, 3.8) is 0 Å². The molecule has 1 aliphatic rings. The van der Waals surface area contributed by atoms with Crippen LogP contribution in [0.15, 0.2) is 24.3 Å². The summed E-state index contributed by atoms with van der Waals surface area (Å²) in [5.74, 6) is 0.0480. The number of rotatable bonds is 1. The fourth-order valence-electron chi connectivity index (χ4n) is 1.78. The van der Waals surface area contributed by atoms with Crippen LogP contribution in [0.2, 0.25) is 5.02 Å². The van der Waals surface area contributed by atoms with Crippen molar-refractivity contribution in [3.8, 4) is 0 Å². The molecule has 0 bridgehead atoms. The zero-order chi connectivity index (χ0) is 11.5. The Labute approximate surface area is 100.0 Å². The number of carbonyl (C=O) groups excluding carboxylic acids is 1. The molecular weight excluding hydrogens is 226 g/mol. The fraction of sp³-hybridized carbons (Fsp3) is 0.417. The first-order valence-corrected chi connectivity index (χ1v) is 5.71. The lowest BCUT2D eigenvalue weighted by atomic mass is 10.2. The normalized spacial score (nSPS) is 20.9. The minimum absolute atomic E-state index is 0.0480. The van der Waals surface area contributed by atoms with Gasteiger partial charge < -0.3 is 9.64 Å². The van der Waals surface area contributed by atoms with Crippen LogP contribution in [0.1, 0.15) is 17.3 Å². The van der Waals surface area contributed by atoms with Gasteiger partial charge in [0.2, 0.25) is 0 Å². The fourth-order valence-corrected chi connectivity index (χ4v) is 1.90. The van der Waals surface area contributed by atoms with E-state index >= 15 is 0 Å². The zero-order valence-corrected chi connectivity index (χ0v) is 9.91. The number of hydrogen-bond acceptors (Lipinski definition) is 2. The Balaban J connectivity index is 2.09. The van der Waals surface area contributed by atoms with Gasteiger partial charge in [0.25, 0.3) is 5.91 Å². The Morgan fingerprint density at radius 1 is 1.44 bits per heavy atom. The summed E-state index contributed by atoms with van der Waals surface area (Å²) in [6.45, 7) is 3.90. The molecule has 0 saturated carbocycles. The van der Waals surface area contributed by atoms with Gasteiger partial charge in [-0.3, -0.25) is 4.79 Å². The number of benzene rings is 1. The molecule has 0 N–H and O–H groups in total. The Kier molecular flexibility index (Phi) is 3.46. The Morgan fingerprint density at radius 2 is 2.12 bits per heavy atom. The van der Waals surface area contributed by atoms with Crippen molar-refractivity contribution in [2.45, 2.75) is 13.0 Å². The molecule has 86 valence electrons. The SMILES string of the molecule is C[C@H]1CN(C(=O)c2ccc(Cl)cc2)CCO1. The number of morpholine rings is 1. The van der Waals surface area contributed by atoms with Gasteiger partial charge in [-0.15, -0.1) is 0 Å². The summed E-state index contributed by atoms with van der Waals surface area (Å²) in [7, 11) is 0. The second-order valence-electron chi connectivity index (χ2n) is 3.94. The average molecular weight is 240 g/mol. The van der Waals surface area contributed by atoms with Gasteiger partial charge in [0.1, 0.15) is 0 Å². The van der Waals surface area contributed by atoms with E-state index in [1.165, 1.54) is 0 Å². The summed E-state index contributed by atoms with van der Waals surface area (Å²) in [5, 5.41) is 0.645. The van der Waals surface area contributed by atoms with Gasteiger partial charge in [0.05, 0.1) is 12.7 Å². The smallest absolute Gasteiger partial charge is 0.254 e. The molecule has 0 spiro atoms. The zero-order valence-electron chi connectivity index (χ0n) is 9.15. The van der Waals surface area contributed by atoms with Gasteiger partial charge in [0, 0.05) is 23.7 Å². The standard InChI is InChI=1S/C12H14ClNO2/c1-9-8-14(6-7-16-9)12(15)10-2-4-11(13)5-3-10/h2-5,9H,6-8H2,1H3/t9-/m0/s1. The van der Waals surface area contributed by atoms with Crippen molar-refractivity contribution in [1.82, 2.24) is 4.90 Å². The molecule has 2 rings (SSSR count). The van der Waals surface area contributed by atoms with Crippen molar-refractivity contribution in [2.75, 3.05) is 19.7 Å². The van der Waals surface area contributed by atoms with Gasteiger partial charge in [-0.1, -0.05) is 11.6 Å². The highest BCUT2D eigenvalue weighted by atomic mass is 35.5. The van der Waals surface area contributed by atoms with Gasteiger partial charge in [-0.25, -0.2) is 0 Å². The lowest BCUT2D eigenvalue weighted by Gasteiger charge is -2.31. The van der Waals surface area contributed by atoms with E-state index in [4.69, 9.17) is 16.3 Å². The third-order valence-electron chi connectivity index (χ3n) is 2.62. The third kappa shape index (κ3) is 2.54. The second-order valence-corrected chi connectivity index (χ2v) is 4.38. The highest BCUT2D eigenvalue weighted by Crippen LogP contribution is 2.13. The maximum atomic E-state index is 12.1. The van der Waals surface area contributed by atoms with Gasteiger partial charge in [-0.05, 0) is 31.2 Å². The quantitative estimate of drug-likeness (QED) is 0.752. The molecule has 1 fully saturated rings. The molecule has 0 aliphatic carbocycles.